The van der Waals surface area contributed by atoms with Crippen LogP contribution in [0.3, 0.4) is 0 Å². The maximum absolute atomic E-state index is 12.4. The van der Waals surface area contributed by atoms with E-state index in [-0.39, 0.29) is 24.1 Å². The highest BCUT2D eigenvalue weighted by molar-refractivity contribution is 5.93. The quantitative estimate of drug-likeness (QED) is 0.859. The van der Waals surface area contributed by atoms with Gasteiger partial charge in [0.25, 0.3) is 5.91 Å². The Morgan fingerprint density at radius 1 is 1.54 bits per heavy atom. The summed E-state index contributed by atoms with van der Waals surface area (Å²) in [7, 11) is 1.55. The van der Waals surface area contributed by atoms with Crippen LogP contribution in [0.25, 0.3) is 0 Å². The van der Waals surface area contributed by atoms with Crippen molar-refractivity contribution in [1.29, 1.82) is 5.26 Å². The molecule has 8 heteroatoms. The number of nitrogens with zero attached hydrogens (tertiary/aromatic N) is 2. The number of aromatic amines is 1. The Kier molecular flexibility index (Phi) is 5.82. The van der Waals surface area contributed by atoms with Crippen molar-refractivity contribution in [2.24, 2.45) is 0 Å². The number of methoxy groups -OCH3 is 1. The van der Waals surface area contributed by atoms with Crippen LogP contribution in [-0.2, 0) is 9.47 Å². The molecule has 0 spiro atoms. The molecule has 2 rings (SSSR count). The van der Waals surface area contributed by atoms with Gasteiger partial charge in [0.2, 0.25) is 0 Å². The van der Waals surface area contributed by atoms with Gasteiger partial charge in [-0.05, 0) is 26.3 Å². The molecule has 1 aliphatic heterocycles. The zero-order valence-corrected chi connectivity index (χ0v) is 14.1. The van der Waals surface area contributed by atoms with Gasteiger partial charge in [-0.1, -0.05) is 0 Å². The van der Waals surface area contributed by atoms with Gasteiger partial charge in [0.1, 0.15) is 11.8 Å². The van der Waals surface area contributed by atoms with Crippen molar-refractivity contribution in [3.05, 3.63) is 23.0 Å². The number of nitrogens with one attached hydrogen (secondary N) is 2. The summed E-state index contributed by atoms with van der Waals surface area (Å²) in [6.45, 7) is 4.66. The van der Waals surface area contributed by atoms with Crippen LogP contribution in [0.2, 0.25) is 0 Å². The Balaban J connectivity index is 2.00. The second kappa shape index (κ2) is 7.84. The molecule has 0 unspecified atom stereocenters. The number of nitriles is 1. The zero-order valence-electron chi connectivity index (χ0n) is 14.1. The van der Waals surface area contributed by atoms with Crippen molar-refractivity contribution in [2.75, 3.05) is 26.8 Å². The van der Waals surface area contributed by atoms with E-state index in [1.807, 2.05) is 6.07 Å². The molecule has 0 aliphatic carbocycles. The van der Waals surface area contributed by atoms with Gasteiger partial charge in [-0.2, -0.15) is 5.26 Å². The molecule has 1 aromatic rings. The lowest BCUT2D eigenvalue weighted by Gasteiger charge is -2.37. The summed E-state index contributed by atoms with van der Waals surface area (Å²) in [5, 5.41) is 11.9. The van der Waals surface area contributed by atoms with Crippen molar-refractivity contribution in [1.82, 2.24) is 15.2 Å². The normalized spacial score (nSPS) is 20.3. The molecule has 0 radical (unpaired) electrons. The molecule has 8 nitrogen and oxygen atoms in total. The van der Waals surface area contributed by atoms with Crippen LogP contribution in [0.4, 0.5) is 4.79 Å². The second-order valence-electron chi connectivity index (χ2n) is 5.62. The van der Waals surface area contributed by atoms with Crippen molar-refractivity contribution < 1.29 is 19.1 Å². The summed E-state index contributed by atoms with van der Waals surface area (Å²) < 4.78 is 10.4. The monoisotopic (exact) mass is 334 g/mol. The van der Waals surface area contributed by atoms with Crippen molar-refractivity contribution >= 4 is 12.0 Å². The van der Waals surface area contributed by atoms with Crippen LogP contribution in [0.5, 0.6) is 0 Å². The minimum Gasteiger partial charge on any atom is -0.450 e. The largest absolute Gasteiger partial charge is 0.450 e. The molecule has 1 saturated heterocycles. The van der Waals surface area contributed by atoms with Gasteiger partial charge in [0, 0.05) is 19.3 Å². The maximum Gasteiger partial charge on any atom is 0.409 e. The summed E-state index contributed by atoms with van der Waals surface area (Å²) in [5.74, 6) is -0.295. The summed E-state index contributed by atoms with van der Waals surface area (Å²) in [6, 6.07) is 3.34. The Morgan fingerprint density at radius 3 is 2.88 bits per heavy atom. The third-order valence-corrected chi connectivity index (χ3v) is 4.08. The standard InChI is InChI=1S/C16H22N4O4/c1-4-24-16(22)20-6-5-12(14(9-20)23-3)19-15(21)13-7-11(8-17)10(2)18-13/h7,12,14,18H,4-6,9H2,1-3H3,(H,19,21)/t12-,14+/m1/s1. The number of rotatable bonds is 4. The lowest BCUT2D eigenvalue weighted by atomic mass is 10.0. The van der Waals surface area contributed by atoms with Gasteiger partial charge >= 0.3 is 6.09 Å². The molecule has 24 heavy (non-hydrogen) atoms. The van der Waals surface area contributed by atoms with Crippen molar-refractivity contribution in [3.8, 4) is 6.07 Å². The minimum absolute atomic E-state index is 0.220. The molecule has 1 aliphatic rings. The lowest BCUT2D eigenvalue weighted by Crippen LogP contribution is -2.56. The van der Waals surface area contributed by atoms with Gasteiger partial charge in [-0.3, -0.25) is 4.79 Å². The van der Waals surface area contributed by atoms with E-state index in [0.29, 0.717) is 43.1 Å². The van der Waals surface area contributed by atoms with E-state index >= 15 is 0 Å². The smallest absolute Gasteiger partial charge is 0.409 e. The number of amides is 2. The number of piperidine rings is 1. The first-order chi connectivity index (χ1) is 11.5. The molecule has 0 aromatic carbocycles. The molecule has 2 heterocycles. The Labute approximate surface area is 140 Å². The van der Waals surface area contributed by atoms with E-state index in [1.54, 1.807) is 25.9 Å². The number of carbonyl (C=O) groups excluding carboxylic acids is 2. The van der Waals surface area contributed by atoms with Crippen LogP contribution in [-0.4, -0.2) is 60.8 Å². The first kappa shape index (κ1) is 17.8. The van der Waals surface area contributed by atoms with E-state index in [9.17, 15) is 9.59 Å². The average molecular weight is 334 g/mol. The molecular formula is C16H22N4O4. The van der Waals surface area contributed by atoms with E-state index in [2.05, 4.69) is 10.3 Å². The maximum atomic E-state index is 12.4. The number of aromatic nitrogens is 1. The van der Waals surface area contributed by atoms with Crippen LogP contribution in [0.15, 0.2) is 6.07 Å². The second-order valence-corrected chi connectivity index (χ2v) is 5.62. The molecule has 2 amide bonds. The fourth-order valence-electron chi connectivity index (χ4n) is 2.74. The zero-order chi connectivity index (χ0) is 17.7. The molecule has 1 fully saturated rings. The SMILES string of the molecule is CCOC(=O)N1CC[C@@H](NC(=O)c2cc(C#N)c(C)[nH]2)[C@@H](OC)C1. The van der Waals surface area contributed by atoms with E-state index in [4.69, 9.17) is 14.7 Å². The predicted octanol–water partition coefficient (Wildman–Crippen LogP) is 1.17. The van der Waals surface area contributed by atoms with Crippen molar-refractivity contribution in [3.63, 3.8) is 0 Å². The molecule has 2 atom stereocenters. The topological polar surface area (TPSA) is 107 Å². The highest BCUT2D eigenvalue weighted by Crippen LogP contribution is 2.16. The fraction of sp³-hybridized carbons (Fsp3) is 0.562. The third kappa shape index (κ3) is 3.86. The Morgan fingerprint density at radius 2 is 2.29 bits per heavy atom. The number of likely N-dealkylation sites (tertiary alicyclic amines) is 1. The summed E-state index contributed by atoms with van der Waals surface area (Å²) in [4.78, 5) is 28.6. The summed E-state index contributed by atoms with van der Waals surface area (Å²) in [5.41, 5.74) is 1.44. The number of carbonyl (C=O) groups is 2. The number of ether oxygens (including phenoxy) is 2. The first-order valence-electron chi connectivity index (χ1n) is 7.85. The molecule has 0 saturated carbocycles. The van der Waals surface area contributed by atoms with E-state index in [1.165, 1.54) is 6.07 Å². The van der Waals surface area contributed by atoms with Gasteiger partial charge in [0.15, 0.2) is 0 Å². The number of aryl methyl sites for hydroxylation is 1. The van der Waals surface area contributed by atoms with Gasteiger partial charge in [-0.15, -0.1) is 0 Å². The molecule has 1 aromatic heterocycles. The van der Waals surface area contributed by atoms with Gasteiger partial charge in [-0.25, -0.2) is 4.79 Å². The van der Waals surface area contributed by atoms with Gasteiger partial charge < -0.3 is 24.7 Å². The van der Waals surface area contributed by atoms with E-state index in [0.717, 1.165) is 0 Å². The van der Waals surface area contributed by atoms with Crippen LogP contribution >= 0.6 is 0 Å². The molecule has 2 N–H and O–H groups in total. The van der Waals surface area contributed by atoms with Crippen LogP contribution in [0, 0.1) is 18.3 Å². The van der Waals surface area contributed by atoms with Gasteiger partial charge in [0.05, 0.1) is 30.9 Å². The summed E-state index contributed by atoms with van der Waals surface area (Å²) in [6.07, 6.45) is -0.130. The third-order valence-electron chi connectivity index (χ3n) is 4.08. The molecular weight excluding hydrogens is 312 g/mol. The Hall–Kier alpha value is -2.53. The van der Waals surface area contributed by atoms with Crippen LogP contribution < -0.4 is 5.32 Å². The minimum atomic E-state index is -0.372. The Bertz CT molecular complexity index is 649. The average Bonchev–Trinajstić information content (AvgIpc) is 2.96. The number of H-pyrrole nitrogens is 1. The fourth-order valence-corrected chi connectivity index (χ4v) is 2.74. The predicted molar refractivity (Wildman–Crippen MR) is 85.5 cm³/mol. The lowest BCUT2D eigenvalue weighted by molar-refractivity contribution is 0.00450. The number of hydrogen-bond donors (Lipinski definition) is 2. The van der Waals surface area contributed by atoms with E-state index < -0.39 is 0 Å². The van der Waals surface area contributed by atoms with Crippen molar-refractivity contribution in [2.45, 2.75) is 32.4 Å². The molecule has 130 valence electrons. The number of hydrogen-bond acceptors (Lipinski definition) is 5. The van der Waals surface area contributed by atoms with Crippen LogP contribution in [0.1, 0.15) is 35.1 Å². The molecule has 0 bridgehead atoms. The highest BCUT2D eigenvalue weighted by Gasteiger charge is 2.33. The highest BCUT2D eigenvalue weighted by atomic mass is 16.6. The first-order valence-corrected chi connectivity index (χ1v) is 7.85. The summed E-state index contributed by atoms with van der Waals surface area (Å²) >= 11 is 0.